The van der Waals surface area contributed by atoms with Crippen molar-refractivity contribution in [1.29, 1.82) is 0 Å². The molecule has 106 valence electrons. The Morgan fingerprint density at radius 3 is 2.42 bits per heavy atom. The molecule has 2 N–H and O–H groups in total. The number of carboxylic acid groups (broad SMARTS) is 1. The molecule has 2 aliphatic rings. The minimum absolute atomic E-state index is 0.00351. The van der Waals surface area contributed by atoms with Gasteiger partial charge in [-0.25, -0.2) is 0 Å². The molecule has 0 spiro atoms. The number of fused-ring (bicyclic) bond motifs is 2. The van der Waals surface area contributed by atoms with E-state index in [0.717, 1.165) is 6.42 Å². The molecule has 1 amide bonds. The van der Waals surface area contributed by atoms with Crippen LogP contribution in [-0.4, -0.2) is 36.2 Å². The van der Waals surface area contributed by atoms with E-state index in [1.165, 1.54) is 0 Å². The number of nitrogens with one attached hydrogen (secondary N) is 1. The van der Waals surface area contributed by atoms with Gasteiger partial charge in [0.05, 0.1) is 24.0 Å². The van der Waals surface area contributed by atoms with Gasteiger partial charge in [-0.15, -0.1) is 0 Å². The van der Waals surface area contributed by atoms with Crippen LogP contribution < -0.4 is 5.32 Å². The highest BCUT2D eigenvalue weighted by molar-refractivity contribution is 5.87. The molecule has 5 heteroatoms. The molecule has 0 aliphatic heterocycles. The van der Waals surface area contributed by atoms with Gasteiger partial charge in [0.15, 0.2) is 0 Å². The first-order valence-electron chi connectivity index (χ1n) is 6.58. The lowest BCUT2D eigenvalue weighted by atomic mass is 9.82. The summed E-state index contributed by atoms with van der Waals surface area (Å²) in [5.74, 6) is -2.03. The number of aliphatic carboxylic acids is 1. The number of carbonyl (C=O) groups excluding carboxylic acids is 1. The zero-order valence-electron chi connectivity index (χ0n) is 11.6. The topological polar surface area (TPSA) is 75.6 Å². The number of carbonyl (C=O) groups is 2. The van der Waals surface area contributed by atoms with Gasteiger partial charge in [-0.3, -0.25) is 9.59 Å². The van der Waals surface area contributed by atoms with Gasteiger partial charge in [0.2, 0.25) is 5.91 Å². The van der Waals surface area contributed by atoms with E-state index in [2.05, 4.69) is 5.32 Å². The zero-order chi connectivity index (χ0) is 14.2. The largest absolute Gasteiger partial charge is 0.481 e. The standard InChI is InChI=1S/C14H21NO4/c1-14(2,7-19-3)15-12(16)10-8-4-5-9(6-8)11(10)13(17)18/h4-5,8-11H,6-7H2,1-3H3,(H,15,16)(H,17,18)/t8?,9?,10-,11+/m0/s1. The number of carboxylic acids is 1. The van der Waals surface area contributed by atoms with E-state index in [1.807, 2.05) is 26.0 Å². The van der Waals surface area contributed by atoms with Crippen molar-refractivity contribution in [1.82, 2.24) is 5.32 Å². The fourth-order valence-electron chi connectivity index (χ4n) is 3.33. The van der Waals surface area contributed by atoms with Gasteiger partial charge in [-0.2, -0.15) is 0 Å². The molecule has 4 atom stereocenters. The highest BCUT2D eigenvalue weighted by atomic mass is 16.5. The van der Waals surface area contributed by atoms with Gasteiger partial charge in [0.1, 0.15) is 0 Å². The van der Waals surface area contributed by atoms with Crippen LogP contribution in [0.2, 0.25) is 0 Å². The number of hydrogen-bond acceptors (Lipinski definition) is 3. The predicted octanol–water partition coefficient (Wildman–Crippen LogP) is 1.05. The van der Waals surface area contributed by atoms with Crippen molar-refractivity contribution in [2.75, 3.05) is 13.7 Å². The average Bonchev–Trinajstić information content (AvgIpc) is 2.86. The van der Waals surface area contributed by atoms with Crippen LogP contribution in [0.15, 0.2) is 12.2 Å². The maximum atomic E-state index is 12.4. The molecule has 2 unspecified atom stereocenters. The number of allylic oxidation sites excluding steroid dienone is 2. The Bertz CT molecular complexity index is 416. The molecular weight excluding hydrogens is 246 g/mol. The lowest BCUT2D eigenvalue weighted by Gasteiger charge is -2.30. The summed E-state index contributed by atoms with van der Waals surface area (Å²) in [6.07, 6.45) is 4.70. The van der Waals surface area contributed by atoms with E-state index in [1.54, 1.807) is 7.11 Å². The van der Waals surface area contributed by atoms with Crippen LogP contribution >= 0.6 is 0 Å². The molecule has 0 aromatic carbocycles. The van der Waals surface area contributed by atoms with Gasteiger partial charge in [0, 0.05) is 7.11 Å². The first-order chi connectivity index (χ1) is 8.85. The van der Waals surface area contributed by atoms with Crippen molar-refractivity contribution in [3.05, 3.63) is 12.2 Å². The van der Waals surface area contributed by atoms with Crippen molar-refractivity contribution in [2.24, 2.45) is 23.7 Å². The highest BCUT2D eigenvalue weighted by Crippen LogP contribution is 2.48. The Labute approximate surface area is 113 Å². The molecule has 2 rings (SSSR count). The number of rotatable bonds is 5. The lowest BCUT2D eigenvalue weighted by Crippen LogP contribution is -2.51. The SMILES string of the molecule is COCC(C)(C)NC(=O)[C@H]1C2C=CC(C2)[C@H]1C(=O)O. The predicted molar refractivity (Wildman–Crippen MR) is 69.5 cm³/mol. The maximum Gasteiger partial charge on any atom is 0.307 e. The summed E-state index contributed by atoms with van der Waals surface area (Å²) >= 11 is 0. The molecule has 5 nitrogen and oxygen atoms in total. The van der Waals surface area contributed by atoms with Crippen molar-refractivity contribution < 1.29 is 19.4 Å². The summed E-state index contributed by atoms with van der Waals surface area (Å²) < 4.78 is 5.06. The van der Waals surface area contributed by atoms with Crippen LogP contribution in [0.1, 0.15) is 20.3 Å². The quantitative estimate of drug-likeness (QED) is 0.730. The van der Waals surface area contributed by atoms with Crippen molar-refractivity contribution in [3.8, 4) is 0 Å². The fraction of sp³-hybridized carbons (Fsp3) is 0.714. The van der Waals surface area contributed by atoms with Gasteiger partial charge >= 0.3 is 5.97 Å². The van der Waals surface area contributed by atoms with Crippen molar-refractivity contribution in [2.45, 2.75) is 25.8 Å². The summed E-state index contributed by atoms with van der Waals surface area (Å²) in [6.45, 7) is 4.13. The summed E-state index contributed by atoms with van der Waals surface area (Å²) in [6, 6.07) is 0. The Hall–Kier alpha value is -1.36. The van der Waals surface area contributed by atoms with Gasteiger partial charge in [-0.1, -0.05) is 12.2 Å². The van der Waals surface area contributed by atoms with Crippen LogP contribution in [0.5, 0.6) is 0 Å². The van der Waals surface area contributed by atoms with Gasteiger partial charge in [0.25, 0.3) is 0 Å². The minimum atomic E-state index is -0.874. The molecule has 0 aromatic heterocycles. The molecule has 1 fully saturated rings. The third-order valence-corrected chi connectivity index (χ3v) is 4.01. The second-order valence-electron chi connectivity index (χ2n) is 6.14. The molecule has 2 bridgehead atoms. The summed E-state index contributed by atoms with van der Waals surface area (Å²) in [4.78, 5) is 23.7. The second kappa shape index (κ2) is 4.96. The molecule has 0 saturated heterocycles. The van der Waals surface area contributed by atoms with Crippen LogP contribution in [0.25, 0.3) is 0 Å². The van der Waals surface area contributed by atoms with Gasteiger partial charge < -0.3 is 15.2 Å². The van der Waals surface area contributed by atoms with Crippen molar-refractivity contribution in [3.63, 3.8) is 0 Å². The summed E-state index contributed by atoms with van der Waals surface area (Å²) in [5, 5.41) is 12.2. The number of amides is 1. The Morgan fingerprint density at radius 1 is 1.32 bits per heavy atom. The Balaban J connectivity index is 2.10. The minimum Gasteiger partial charge on any atom is -0.481 e. The number of ether oxygens (including phenoxy) is 1. The Morgan fingerprint density at radius 2 is 1.89 bits per heavy atom. The van der Waals surface area contributed by atoms with E-state index in [4.69, 9.17) is 4.74 Å². The summed E-state index contributed by atoms with van der Waals surface area (Å²) in [5.41, 5.74) is -0.486. The molecule has 0 aromatic rings. The van der Waals surface area contributed by atoms with Crippen LogP contribution in [0.3, 0.4) is 0 Å². The van der Waals surface area contributed by atoms with Crippen LogP contribution in [-0.2, 0) is 14.3 Å². The van der Waals surface area contributed by atoms with E-state index < -0.39 is 23.3 Å². The molecule has 2 aliphatic carbocycles. The molecule has 19 heavy (non-hydrogen) atoms. The molecule has 0 radical (unpaired) electrons. The third-order valence-electron chi connectivity index (χ3n) is 4.01. The van der Waals surface area contributed by atoms with E-state index in [-0.39, 0.29) is 17.7 Å². The number of hydrogen-bond donors (Lipinski definition) is 2. The van der Waals surface area contributed by atoms with Gasteiger partial charge in [-0.05, 0) is 32.1 Å². The zero-order valence-corrected chi connectivity index (χ0v) is 11.6. The highest BCUT2D eigenvalue weighted by Gasteiger charge is 2.52. The van der Waals surface area contributed by atoms with Crippen molar-refractivity contribution >= 4 is 11.9 Å². The maximum absolute atomic E-state index is 12.4. The second-order valence-corrected chi connectivity index (χ2v) is 6.14. The average molecular weight is 267 g/mol. The molecular formula is C14H21NO4. The smallest absolute Gasteiger partial charge is 0.307 e. The first-order valence-corrected chi connectivity index (χ1v) is 6.58. The number of methoxy groups -OCH3 is 1. The molecule has 0 heterocycles. The monoisotopic (exact) mass is 267 g/mol. The van der Waals surface area contributed by atoms with E-state index in [0.29, 0.717) is 6.61 Å². The van der Waals surface area contributed by atoms with Crippen LogP contribution in [0.4, 0.5) is 0 Å². The fourth-order valence-corrected chi connectivity index (χ4v) is 3.33. The molecule has 1 saturated carbocycles. The Kier molecular flexibility index (Phi) is 3.67. The summed E-state index contributed by atoms with van der Waals surface area (Å²) in [7, 11) is 1.58. The van der Waals surface area contributed by atoms with Crippen LogP contribution in [0, 0.1) is 23.7 Å². The normalized spacial score (nSPS) is 32.6. The first kappa shape index (κ1) is 14.1. The van der Waals surface area contributed by atoms with E-state index in [9.17, 15) is 14.7 Å². The van der Waals surface area contributed by atoms with E-state index >= 15 is 0 Å². The lowest BCUT2D eigenvalue weighted by molar-refractivity contribution is -0.148. The third kappa shape index (κ3) is 2.66.